The SMILES string of the molecule is COc1cc(OC)c(/C(O)=C2\C(=O)C(=O)N(c3ccc(F)cc3)C2c2ccc(O)c([N+](=O)[O-])c2)cc1Cl. The van der Waals surface area contributed by atoms with Gasteiger partial charge < -0.3 is 19.7 Å². The Bertz CT molecular complexity index is 1470. The molecular formula is C25H18ClFN2O8. The molecule has 1 unspecified atom stereocenters. The van der Waals surface area contributed by atoms with Gasteiger partial charge in [-0.25, -0.2) is 4.39 Å². The third-order valence-electron chi connectivity index (χ3n) is 5.79. The van der Waals surface area contributed by atoms with Crippen molar-refractivity contribution in [1.82, 2.24) is 0 Å². The van der Waals surface area contributed by atoms with Crippen LogP contribution in [0.25, 0.3) is 5.76 Å². The van der Waals surface area contributed by atoms with Crippen LogP contribution in [0.3, 0.4) is 0 Å². The van der Waals surface area contributed by atoms with Gasteiger partial charge in [0, 0.05) is 17.8 Å². The largest absolute Gasteiger partial charge is 0.507 e. The van der Waals surface area contributed by atoms with Gasteiger partial charge in [0.15, 0.2) is 5.75 Å². The number of benzene rings is 3. The summed E-state index contributed by atoms with van der Waals surface area (Å²) in [6, 6.07) is 9.15. The van der Waals surface area contributed by atoms with Crippen LogP contribution in [0, 0.1) is 15.9 Å². The molecule has 1 fully saturated rings. The van der Waals surface area contributed by atoms with Crippen molar-refractivity contribution < 1.29 is 38.6 Å². The fourth-order valence-electron chi connectivity index (χ4n) is 4.06. The number of ketones is 1. The van der Waals surface area contributed by atoms with Gasteiger partial charge >= 0.3 is 5.69 Å². The van der Waals surface area contributed by atoms with E-state index in [1.54, 1.807) is 0 Å². The summed E-state index contributed by atoms with van der Waals surface area (Å²) in [5, 5.41) is 32.8. The number of aliphatic hydroxyl groups is 1. The van der Waals surface area contributed by atoms with Gasteiger partial charge in [-0.2, -0.15) is 0 Å². The highest BCUT2D eigenvalue weighted by atomic mass is 35.5. The molecule has 3 aromatic rings. The molecule has 0 aliphatic carbocycles. The Balaban J connectivity index is 2.03. The number of carbonyl (C=O) groups excluding carboxylic acids is 2. The molecule has 37 heavy (non-hydrogen) atoms. The minimum Gasteiger partial charge on any atom is -0.507 e. The van der Waals surface area contributed by atoms with Gasteiger partial charge in [-0.3, -0.25) is 24.6 Å². The quantitative estimate of drug-likeness (QED) is 0.154. The number of carbonyl (C=O) groups is 2. The lowest BCUT2D eigenvalue weighted by Crippen LogP contribution is -2.29. The summed E-state index contributed by atoms with van der Waals surface area (Å²) < 4.78 is 24.1. The molecule has 0 bridgehead atoms. The van der Waals surface area contributed by atoms with Gasteiger partial charge in [0.05, 0.1) is 41.3 Å². The molecule has 1 aliphatic rings. The monoisotopic (exact) mass is 528 g/mol. The van der Waals surface area contributed by atoms with Crippen LogP contribution in [0.15, 0.2) is 60.2 Å². The molecule has 0 radical (unpaired) electrons. The topological polar surface area (TPSA) is 139 Å². The summed E-state index contributed by atoms with van der Waals surface area (Å²) in [6.07, 6.45) is 0. The molecule has 190 valence electrons. The van der Waals surface area contributed by atoms with E-state index in [4.69, 9.17) is 21.1 Å². The van der Waals surface area contributed by atoms with E-state index in [1.165, 1.54) is 44.6 Å². The van der Waals surface area contributed by atoms with Crippen LogP contribution in [0.1, 0.15) is 17.2 Å². The zero-order chi connectivity index (χ0) is 27.0. The number of anilines is 1. The lowest BCUT2D eigenvalue weighted by Gasteiger charge is -2.25. The zero-order valence-corrected chi connectivity index (χ0v) is 20.0. The number of aliphatic hydroxyl groups excluding tert-OH is 1. The molecular weight excluding hydrogens is 511 g/mol. The molecule has 1 saturated heterocycles. The summed E-state index contributed by atoms with van der Waals surface area (Å²) in [7, 11) is 2.67. The molecule has 1 aliphatic heterocycles. The van der Waals surface area contributed by atoms with Crippen LogP contribution in [0.5, 0.6) is 17.2 Å². The highest BCUT2D eigenvalue weighted by Gasteiger charge is 2.47. The van der Waals surface area contributed by atoms with E-state index >= 15 is 0 Å². The maximum Gasteiger partial charge on any atom is 0.311 e. The van der Waals surface area contributed by atoms with E-state index in [2.05, 4.69) is 0 Å². The number of Topliss-reactive ketones (excluding diaryl/α,β-unsaturated/α-hetero) is 1. The lowest BCUT2D eigenvalue weighted by molar-refractivity contribution is -0.385. The van der Waals surface area contributed by atoms with Gasteiger partial charge in [0.25, 0.3) is 11.7 Å². The van der Waals surface area contributed by atoms with E-state index in [-0.39, 0.29) is 33.3 Å². The van der Waals surface area contributed by atoms with Crippen molar-refractivity contribution in [2.75, 3.05) is 19.1 Å². The van der Waals surface area contributed by atoms with Gasteiger partial charge in [0.2, 0.25) is 0 Å². The maximum atomic E-state index is 13.6. The van der Waals surface area contributed by atoms with Crippen LogP contribution in [-0.4, -0.2) is 41.0 Å². The summed E-state index contributed by atoms with van der Waals surface area (Å²) in [5.41, 5.74) is -1.07. The van der Waals surface area contributed by atoms with Gasteiger partial charge in [-0.1, -0.05) is 17.7 Å². The van der Waals surface area contributed by atoms with Crippen molar-refractivity contribution in [3.63, 3.8) is 0 Å². The summed E-state index contributed by atoms with van der Waals surface area (Å²) >= 11 is 6.23. The van der Waals surface area contributed by atoms with Crippen molar-refractivity contribution >= 4 is 40.4 Å². The van der Waals surface area contributed by atoms with E-state index in [0.717, 1.165) is 29.2 Å². The Kier molecular flexibility index (Phi) is 6.73. The second kappa shape index (κ2) is 9.78. The number of aromatic hydroxyl groups is 1. The fraction of sp³-hybridized carbons (Fsp3) is 0.120. The number of methoxy groups -OCH3 is 2. The van der Waals surface area contributed by atoms with Gasteiger partial charge in [-0.05, 0) is 42.0 Å². The normalized spacial score (nSPS) is 16.6. The first kappa shape index (κ1) is 25.5. The van der Waals surface area contributed by atoms with Crippen molar-refractivity contribution in [3.05, 3.63) is 92.3 Å². The number of nitro benzene ring substituents is 1. The average Bonchev–Trinajstić information content (AvgIpc) is 3.14. The van der Waals surface area contributed by atoms with Crippen LogP contribution in [0.4, 0.5) is 15.8 Å². The zero-order valence-electron chi connectivity index (χ0n) is 19.3. The first-order chi connectivity index (χ1) is 17.6. The fourth-order valence-corrected chi connectivity index (χ4v) is 4.30. The number of amides is 1. The highest BCUT2D eigenvalue weighted by Crippen LogP contribution is 2.46. The molecule has 0 saturated carbocycles. The number of rotatable bonds is 6. The van der Waals surface area contributed by atoms with Crippen molar-refractivity contribution in [2.45, 2.75) is 6.04 Å². The van der Waals surface area contributed by atoms with Gasteiger partial charge in [-0.15, -0.1) is 0 Å². The second-order valence-corrected chi connectivity index (χ2v) is 8.25. The maximum absolute atomic E-state index is 13.6. The Morgan fingerprint density at radius 1 is 1.05 bits per heavy atom. The predicted molar refractivity (Wildman–Crippen MR) is 130 cm³/mol. The Morgan fingerprint density at radius 2 is 1.70 bits per heavy atom. The summed E-state index contributed by atoms with van der Waals surface area (Å²) in [5.74, 6) is -3.84. The predicted octanol–water partition coefficient (Wildman–Crippen LogP) is 4.74. The standard InChI is InChI=1S/C25H18ClFN2O8/c1-36-19-11-20(37-2)16(26)10-15(19)23(31)21-22(12-3-8-18(30)17(9-12)29(34)35)28(25(33)24(21)32)14-6-4-13(27)5-7-14/h3-11,22,30-31H,1-2H3/b23-21+. The number of hydrogen-bond donors (Lipinski definition) is 2. The van der Waals surface area contributed by atoms with Crippen LogP contribution >= 0.6 is 11.6 Å². The number of phenols is 1. The van der Waals surface area contributed by atoms with Gasteiger partial charge in [0.1, 0.15) is 23.1 Å². The minimum atomic E-state index is -1.39. The molecule has 2 N–H and O–H groups in total. The number of hydrogen-bond acceptors (Lipinski definition) is 8. The molecule has 1 amide bonds. The van der Waals surface area contributed by atoms with Crippen molar-refractivity contribution in [1.29, 1.82) is 0 Å². The van der Waals surface area contributed by atoms with Crippen LogP contribution in [-0.2, 0) is 9.59 Å². The molecule has 10 nitrogen and oxygen atoms in total. The Morgan fingerprint density at radius 3 is 2.30 bits per heavy atom. The molecule has 12 heteroatoms. The molecule has 1 heterocycles. The molecule has 0 spiro atoms. The number of phenolic OH excluding ortho intramolecular Hbond substituents is 1. The van der Waals surface area contributed by atoms with Crippen LogP contribution < -0.4 is 14.4 Å². The molecule has 3 aromatic carbocycles. The van der Waals surface area contributed by atoms with E-state index < -0.39 is 51.2 Å². The van der Waals surface area contributed by atoms with Crippen molar-refractivity contribution in [3.8, 4) is 17.2 Å². The third kappa shape index (κ3) is 4.40. The Hall–Kier alpha value is -4.64. The number of halogens is 2. The second-order valence-electron chi connectivity index (χ2n) is 7.84. The lowest BCUT2D eigenvalue weighted by atomic mass is 9.94. The molecule has 1 atom stereocenters. The summed E-state index contributed by atoms with van der Waals surface area (Å²) in [4.78, 5) is 38.1. The van der Waals surface area contributed by atoms with E-state index in [0.29, 0.717) is 0 Å². The van der Waals surface area contributed by atoms with E-state index in [1.807, 2.05) is 0 Å². The number of nitrogens with zero attached hydrogens (tertiary/aromatic N) is 2. The molecule has 4 rings (SSSR count). The smallest absolute Gasteiger partial charge is 0.311 e. The number of ether oxygens (including phenoxy) is 2. The minimum absolute atomic E-state index is 0.0214. The third-order valence-corrected chi connectivity index (χ3v) is 6.09. The average molecular weight is 529 g/mol. The van der Waals surface area contributed by atoms with Crippen molar-refractivity contribution in [2.24, 2.45) is 0 Å². The Labute approximate surface area is 213 Å². The molecule has 0 aromatic heterocycles. The van der Waals surface area contributed by atoms with E-state index in [9.17, 15) is 34.3 Å². The summed E-state index contributed by atoms with van der Waals surface area (Å²) in [6.45, 7) is 0. The van der Waals surface area contributed by atoms with Crippen LogP contribution in [0.2, 0.25) is 5.02 Å². The highest BCUT2D eigenvalue weighted by molar-refractivity contribution is 6.51. The first-order valence-electron chi connectivity index (χ1n) is 10.5. The number of nitro groups is 1. The first-order valence-corrected chi connectivity index (χ1v) is 10.9.